The lowest BCUT2D eigenvalue weighted by atomic mass is 9.66. The molecule has 0 aromatic heterocycles. The number of aliphatic hydroxyl groups is 1. The normalized spacial score (nSPS) is 28.1. The molecule has 3 N–H and O–H groups in total. The minimum atomic E-state index is -4.81. The molecule has 0 unspecified atom stereocenters. The summed E-state index contributed by atoms with van der Waals surface area (Å²) in [7, 11) is 0. The third-order valence-corrected chi connectivity index (χ3v) is 7.73. The minimum Gasteiger partial charge on any atom is -0.376 e. The van der Waals surface area contributed by atoms with Crippen molar-refractivity contribution in [3.8, 4) is 0 Å². The SMILES string of the molecule is C[C@](O)(c1ccc(C(=O)N(C2CC2)[C@H]2CC[C@@](CC(N)=O)(C3CC3)CC2)cc1)C(F)(F)F. The zero-order valence-electron chi connectivity index (χ0n) is 18.3. The Bertz CT molecular complexity index is 865. The molecule has 1 aromatic carbocycles. The maximum atomic E-state index is 13.3. The lowest BCUT2D eigenvalue weighted by Crippen LogP contribution is -2.46. The molecule has 5 nitrogen and oxygen atoms in total. The van der Waals surface area contributed by atoms with Gasteiger partial charge in [-0.1, -0.05) is 12.1 Å². The molecular formula is C24H31F3N2O3. The van der Waals surface area contributed by atoms with Gasteiger partial charge in [0.2, 0.25) is 5.91 Å². The Morgan fingerprint density at radius 1 is 1.03 bits per heavy atom. The zero-order valence-corrected chi connectivity index (χ0v) is 18.3. The molecule has 3 aliphatic carbocycles. The van der Waals surface area contributed by atoms with Gasteiger partial charge in [0.25, 0.3) is 5.91 Å². The molecule has 1 atom stereocenters. The molecule has 0 saturated heterocycles. The number of benzene rings is 1. The summed E-state index contributed by atoms with van der Waals surface area (Å²) in [6.07, 6.45) is 3.09. The van der Waals surface area contributed by atoms with Crippen LogP contribution in [0.1, 0.15) is 80.6 Å². The van der Waals surface area contributed by atoms with Gasteiger partial charge in [-0.25, -0.2) is 0 Å². The summed E-state index contributed by atoms with van der Waals surface area (Å²) in [5.74, 6) is 0.111. The van der Waals surface area contributed by atoms with Crippen molar-refractivity contribution in [1.82, 2.24) is 4.90 Å². The van der Waals surface area contributed by atoms with Crippen LogP contribution in [0.15, 0.2) is 24.3 Å². The van der Waals surface area contributed by atoms with E-state index in [0.29, 0.717) is 24.8 Å². The number of carbonyl (C=O) groups excluding carboxylic acids is 2. The molecule has 0 bridgehead atoms. The summed E-state index contributed by atoms with van der Waals surface area (Å²) in [6, 6.07) is 5.33. The Labute approximate surface area is 186 Å². The number of nitrogens with two attached hydrogens (primary N) is 1. The zero-order chi connectivity index (χ0) is 23.3. The Balaban J connectivity index is 1.48. The van der Waals surface area contributed by atoms with Gasteiger partial charge in [0.15, 0.2) is 5.60 Å². The van der Waals surface area contributed by atoms with E-state index < -0.39 is 11.8 Å². The first-order valence-electron chi connectivity index (χ1n) is 11.5. The molecular weight excluding hydrogens is 421 g/mol. The van der Waals surface area contributed by atoms with Crippen molar-refractivity contribution in [2.75, 3.05) is 0 Å². The summed E-state index contributed by atoms with van der Waals surface area (Å²) in [5, 5.41) is 9.87. The Morgan fingerprint density at radius 3 is 2.00 bits per heavy atom. The van der Waals surface area contributed by atoms with Gasteiger partial charge < -0.3 is 15.7 Å². The van der Waals surface area contributed by atoms with Gasteiger partial charge in [0, 0.05) is 24.1 Å². The van der Waals surface area contributed by atoms with Gasteiger partial charge in [-0.05, 0) is 87.3 Å². The third kappa shape index (κ3) is 4.38. The van der Waals surface area contributed by atoms with E-state index in [9.17, 15) is 27.9 Å². The van der Waals surface area contributed by atoms with Crippen LogP contribution in [0.3, 0.4) is 0 Å². The second kappa shape index (κ2) is 8.04. The van der Waals surface area contributed by atoms with E-state index in [1.165, 1.54) is 24.3 Å². The average Bonchev–Trinajstić information content (AvgIpc) is 3.61. The lowest BCUT2D eigenvalue weighted by Gasteiger charge is -2.44. The van der Waals surface area contributed by atoms with Gasteiger partial charge in [-0.3, -0.25) is 9.59 Å². The van der Waals surface area contributed by atoms with Crippen molar-refractivity contribution in [1.29, 1.82) is 0 Å². The molecule has 0 radical (unpaired) electrons. The molecule has 3 aliphatic rings. The van der Waals surface area contributed by atoms with Crippen LogP contribution in [0.4, 0.5) is 13.2 Å². The van der Waals surface area contributed by atoms with Crippen LogP contribution in [0, 0.1) is 11.3 Å². The van der Waals surface area contributed by atoms with Crippen molar-refractivity contribution >= 4 is 11.8 Å². The van der Waals surface area contributed by atoms with Crippen LogP contribution >= 0.6 is 0 Å². The number of primary amides is 1. The largest absolute Gasteiger partial charge is 0.421 e. The first-order chi connectivity index (χ1) is 14.9. The van der Waals surface area contributed by atoms with E-state index >= 15 is 0 Å². The van der Waals surface area contributed by atoms with E-state index in [4.69, 9.17) is 5.73 Å². The fourth-order valence-electron chi connectivity index (χ4n) is 5.46. The van der Waals surface area contributed by atoms with Crippen LogP contribution in [0.25, 0.3) is 0 Å². The Hall–Kier alpha value is -2.09. The number of rotatable bonds is 7. The van der Waals surface area contributed by atoms with Crippen molar-refractivity contribution in [2.45, 2.75) is 88.6 Å². The fraction of sp³-hybridized carbons (Fsp3) is 0.667. The summed E-state index contributed by atoms with van der Waals surface area (Å²) in [6.45, 7) is 0.709. The average molecular weight is 453 g/mol. The minimum absolute atomic E-state index is 0.0363. The van der Waals surface area contributed by atoms with Gasteiger partial charge in [-0.15, -0.1) is 0 Å². The van der Waals surface area contributed by atoms with Crippen LogP contribution < -0.4 is 5.73 Å². The lowest BCUT2D eigenvalue weighted by molar-refractivity contribution is -0.258. The van der Waals surface area contributed by atoms with E-state index in [2.05, 4.69) is 0 Å². The molecule has 1 aromatic rings. The fourth-order valence-corrected chi connectivity index (χ4v) is 5.46. The smallest absolute Gasteiger partial charge is 0.376 e. The van der Waals surface area contributed by atoms with Crippen molar-refractivity contribution in [3.05, 3.63) is 35.4 Å². The van der Waals surface area contributed by atoms with Crippen LogP contribution in [-0.4, -0.2) is 40.1 Å². The van der Waals surface area contributed by atoms with E-state index in [0.717, 1.165) is 51.4 Å². The highest BCUT2D eigenvalue weighted by Crippen LogP contribution is 2.56. The second-order valence-corrected chi connectivity index (χ2v) is 10.1. The van der Waals surface area contributed by atoms with Crippen LogP contribution in [0.2, 0.25) is 0 Å². The van der Waals surface area contributed by atoms with E-state index in [1.54, 1.807) is 0 Å². The second-order valence-electron chi connectivity index (χ2n) is 10.1. The first kappa shape index (κ1) is 23.1. The summed E-state index contributed by atoms with van der Waals surface area (Å²) < 4.78 is 39.3. The quantitative estimate of drug-likeness (QED) is 0.648. The molecule has 0 heterocycles. The molecule has 176 valence electrons. The van der Waals surface area contributed by atoms with Gasteiger partial charge >= 0.3 is 6.18 Å². The van der Waals surface area contributed by atoms with E-state index in [-0.39, 0.29) is 34.9 Å². The standard InChI is InChI=1S/C24H31F3N2O3/c1-22(32,24(25,26)27)16-4-2-15(3-5-16)21(31)29(18-8-9-18)19-10-12-23(13-11-19,14-20(28)30)17-6-7-17/h2-5,17-19,32H,6-14H2,1H3,(H2,28,30)/t19-,22-,23+/m0/s1. The highest BCUT2D eigenvalue weighted by molar-refractivity contribution is 5.95. The molecule has 0 spiro atoms. The molecule has 32 heavy (non-hydrogen) atoms. The number of alkyl halides is 3. The van der Waals surface area contributed by atoms with Crippen molar-refractivity contribution < 1.29 is 27.9 Å². The van der Waals surface area contributed by atoms with Gasteiger partial charge in [-0.2, -0.15) is 13.2 Å². The third-order valence-electron chi connectivity index (χ3n) is 7.73. The number of hydrogen-bond donors (Lipinski definition) is 2. The maximum Gasteiger partial charge on any atom is 0.421 e. The number of carbonyl (C=O) groups is 2. The van der Waals surface area contributed by atoms with E-state index in [1.807, 2.05) is 4.90 Å². The van der Waals surface area contributed by atoms with Crippen LogP contribution in [0.5, 0.6) is 0 Å². The van der Waals surface area contributed by atoms with Gasteiger partial charge in [0.05, 0.1) is 0 Å². The van der Waals surface area contributed by atoms with Crippen molar-refractivity contribution in [2.24, 2.45) is 17.1 Å². The number of amides is 2. The molecule has 0 aliphatic heterocycles. The van der Waals surface area contributed by atoms with Crippen molar-refractivity contribution in [3.63, 3.8) is 0 Å². The number of hydrogen-bond acceptors (Lipinski definition) is 3. The molecule has 2 amide bonds. The first-order valence-corrected chi connectivity index (χ1v) is 11.5. The number of nitrogens with zero attached hydrogens (tertiary/aromatic N) is 1. The molecule has 3 saturated carbocycles. The predicted octanol–water partition coefficient (Wildman–Crippen LogP) is 4.28. The highest BCUT2D eigenvalue weighted by atomic mass is 19.4. The monoisotopic (exact) mass is 452 g/mol. The molecule has 4 rings (SSSR count). The summed E-state index contributed by atoms with van der Waals surface area (Å²) in [4.78, 5) is 26.9. The van der Waals surface area contributed by atoms with Crippen LogP contribution in [-0.2, 0) is 10.4 Å². The summed E-state index contributed by atoms with van der Waals surface area (Å²) >= 11 is 0. The molecule has 3 fully saturated rings. The summed E-state index contributed by atoms with van der Waals surface area (Å²) in [5.41, 5.74) is 2.56. The molecule has 8 heteroatoms. The Kier molecular flexibility index (Phi) is 5.80. The van der Waals surface area contributed by atoms with Gasteiger partial charge in [0.1, 0.15) is 0 Å². The predicted molar refractivity (Wildman–Crippen MR) is 112 cm³/mol. The number of halogens is 3. The highest BCUT2D eigenvalue weighted by Gasteiger charge is 2.52. The maximum absolute atomic E-state index is 13.3. The topological polar surface area (TPSA) is 83.6 Å². The Morgan fingerprint density at radius 2 is 1.56 bits per heavy atom.